The number of aryl methyl sites for hydroxylation is 1. The third-order valence-electron chi connectivity index (χ3n) is 2.70. The van der Waals surface area contributed by atoms with Crippen LogP contribution >= 0.6 is 11.6 Å². The monoisotopic (exact) mass is 276 g/mol. The van der Waals surface area contributed by atoms with E-state index in [-0.39, 0.29) is 5.78 Å². The Hall–Kier alpha value is -2.07. The third-order valence-corrected chi connectivity index (χ3v) is 2.99. The molecule has 0 aliphatic heterocycles. The van der Waals surface area contributed by atoms with Crippen LogP contribution in [0.3, 0.4) is 0 Å². The van der Waals surface area contributed by atoms with Crippen LogP contribution in [-0.4, -0.2) is 22.7 Å². The van der Waals surface area contributed by atoms with Crippen molar-refractivity contribution in [2.45, 2.75) is 0 Å². The highest BCUT2D eigenvalue weighted by Gasteiger charge is 2.09. The van der Waals surface area contributed by atoms with Gasteiger partial charge in [0, 0.05) is 7.05 Å². The summed E-state index contributed by atoms with van der Waals surface area (Å²) in [7, 11) is 3.30. The molecule has 1 aromatic heterocycles. The molecular weight excluding hydrogens is 264 g/mol. The van der Waals surface area contributed by atoms with Crippen LogP contribution in [0.25, 0.3) is 6.08 Å². The largest absolute Gasteiger partial charge is 0.496 e. The van der Waals surface area contributed by atoms with E-state index in [1.165, 1.54) is 19.4 Å². The summed E-state index contributed by atoms with van der Waals surface area (Å²) < 4.78 is 6.76. The lowest BCUT2D eigenvalue weighted by Gasteiger charge is -2.04. The van der Waals surface area contributed by atoms with E-state index >= 15 is 0 Å². The van der Waals surface area contributed by atoms with E-state index in [2.05, 4.69) is 5.10 Å². The van der Waals surface area contributed by atoms with Crippen LogP contribution in [0.5, 0.6) is 5.75 Å². The summed E-state index contributed by atoms with van der Waals surface area (Å²) in [5.41, 5.74) is 1.20. The number of hydrogen-bond acceptors (Lipinski definition) is 3. The van der Waals surface area contributed by atoms with E-state index < -0.39 is 0 Å². The highest BCUT2D eigenvalue weighted by atomic mass is 35.5. The number of benzene rings is 1. The number of methoxy groups -OCH3 is 1. The molecule has 0 aliphatic carbocycles. The van der Waals surface area contributed by atoms with Crippen LogP contribution in [0.2, 0.25) is 5.02 Å². The highest BCUT2D eigenvalue weighted by molar-refractivity contribution is 6.31. The molecule has 1 aromatic carbocycles. The van der Waals surface area contributed by atoms with E-state index in [0.29, 0.717) is 22.0 Å². The zero-order valence-electron chi connectivity index (χ0n) is 10.6. The predicted octanol–water partition coefficient (Wildman–Crippen LogP) is 2.98. The van der Waals surface area contributed by atoms with Crippen LogP contribution < -0.4 is 4.74 Å². The Bertz CT molecular complexity index is 613. The normalized spacial score (nSPS) is 10.9. The van der Waals surface area contributed by atoms with Gasteiger partial charge in [-0.1, -0.05) is 23.7 Å². The first-order valence-electron chi connectivity index (χ1n) is 5.66. The first-order valence-corrected chi connectivity index (χ1v) is 6.04. The number of hydrogen-bond donors (Lipinski definition) is 0. The molecule has 2 aromatic rings. The smallest absolute Gasteiger partial charge is 0.189 e. The lowest BCUT2D eigenvalue weighted by molar-refractivity contribution is 0.104. The first kappa shape index (κ1) is 13.4. The Labute approximate surface area is 116 Å². The molecular formula is C14H13ClN2O2. The summed E-state index contributed by atoms with van der Waals surface area (Å²) in [6.07, 6.45) is 4.64. The molecule has 19 heavy (non-hydrogen) atoms. The summed E-state index contributed by atoms with van der Waals surface area (Å²) in [5.74, 6) is 0.406. The summed E-state index contributed by atoms with van der Waals surface area (Å²) in [5, 5.41) is 4.50. The Kier molecular flexibility index (Phi) is 4.02. The number of carbonyl (C=O) groups excluding carboxylic acids is 1. The van der Waals surface area contributed by atoms with Gasteiger partial charge in [-0.05, 0) is 24.3 Å². The maximum absolute atomic E-state index is 12.1. The summed E-state index contributed by atoms with van der Waals surface area (Å²) in [4.78, 5) is 12.1. The molecule has 0 atom stereocenters. The molecule has 5 heteroatoms. The predicted molar refractivity (Wildman–Crippen MR) is 74.6 cm³/mol. The Balaban J connectivity index is 2.26. The second-order valence-electron chi connectivity index (χ2n) is 3.90. The van der Waals surface area contributed by atoms with Gasteiger partial charge in [0.15, 0.2) is 5.78 Å². The van der Waals surface area contributed by atoms with Crippen molar-refractivity contribution < 1.29 is 9.53 Å². The third kappa shape index (κ3) is 2.85. The standard InChI is InChI=1S/C14H13ClN2O2/c1-17-12(11(15)9-16-17)7-8-13(18)10-5-3-4-6-14(10)19-2/h3-9H,1-2H3/b8-7+. The van der Waals surface area contributed by atoms with E-state index in [0.717, 1.165) is 0 Å². The molecule has 0 fully saturated rings. The lowest BCUT2D eigenvalue weighted by atomic mass is 10.1. The van der Waals surface area contributed by atoms with Gasteiger partial charge in [0.25, 0.3) is 0 Å². The van der Waals surface area contributed by atoms with E-state index in [9.17, 15) is 4.79 Å². The average Bonchev–Trinajstić information content (AvgIpc) is 2.75. The van der Waals surface area contributed by atoms with Crippen molar-refractivity contribution >= 4 is 23.5 Å². The van der Waals surface area contributed by atoms with Gasteiger partial charge in [-0.25, -0.2) is 0 Å². The zero-order chi connectivity index (χ0) is 13.8. The molecule has 0 N–H and O–H groups in total. The van der Waals surface area contributed by atoms with Crippen LogP contribution in [-0.2, 0) is 7.05 Å². The summed E-state index contributed by atoms with van der Waals surface area (Å²) >= 11 is 5.96. The fourth-order valence-electron chi connectivity index (χ4n) is 1.70. The molecule has 0 unspecified atom stereocenters. The molecule has 98 valence electrons. The number of ketones is 1. The van der Waals surface area contributed by atoms with E-state index in [1.54, 1.807) is 36.0 Å². The second kappa shape index (κ2) is 5.71. The number of carbonyl (C=O) groups is 1. The minimum atomic E-state index is -0.144. The number of ether oxygens (including phenoxy) is 1. The van der Waals surface area contributed by atoms with Crippen LogP contribution in [0.4, 0.5) is 0 Å². The number of halogens is 1. The summed E-state index contributed by atoms with van der Waals surface area (Å²) in [6.45, 7) is 0. The molecule has 0 amide bonds. The Morgan fingerprint density at radius 2 is 2.16 bits per heavy atom. The van der Waals surface area contributed by atoms with Crippen molar-refractivity contribution in [3.8, 4) is 5.75 Å². The fourth-order valence-corrected chi connectivity index (χ4v) is 1.93. The van der Waals surface area contributed by atoms with Crippen LogP contribution in [0, 0.1) is 0 Å². The van der Waals surface area contributed by atoms with Crippen molar-refractivity contribution in [2.75, 3.05) is 7.11 Å². The van der Waals surface area contributed by atoms with Crippen LogP contribution in [0.1, 0.15) is 16.1 Å². The number of rotatable bonds is 4. The molecule has 0 radical (unpaired) electrons. The quantitative estimate of drug-likeness (QED) is 0.637. The Morgan fingerprint density at radius 1 is 1.42 bits per heavy atom. The van der Waals surface area contributed by atoms with Crippen molar-refractivity contribution in [3.63, 3.8) is 0 Å². The molecule has 0 aliphatic rings. The van der Waals surface area contributed by atoms with Gasteiger partial charge < -0.3 is 4.74 Å². The molecule has 4 nitrogen and oxygen atoms in total. The molecule has 1 heterocycles. The molecule has 0 bridgehead atoms. The fraction of sp³-hybridized carbons (Fsp3) is 0.143. The van der Waals surface area contributed by atoms with Gasteiger partial charge in [0.2, 0.25) is 0 Å². The van der Waals surface area contributed by atoms with Gasteiger partial charge in [-0.2, -0.15) is 5.10 Å². The minimum absolute atomic E-state index is 0.144. The van der Waals surface area contributed by atoms with Gasteiger partial charge >= 0.3 is 0 Å². The van der Waals surface area contributed by atoms with Gasteiger partial charge in [0.1, 0.15) is 5.75 Å². The van der Waals surface area contributed by atoms with Crippen molar-refractivity contribution in [1.82, 2.24) is 9.78 Å². The maximum Gasteiger partial charge on any atom is 0.189 e. The summed E-state index contributed by atoms with van der Waals surface area (Å²) in [6, 6.07) is 7.08. The Morgan fingerprint density at radius 3 is 2.79 bits per heavy atom. The number of para-hydroxylation sites is 1. The molecule has 0 spiro atoms. The maximum atomic E-state index is 12.1. The zero-order valence-corrected chi connectivity index (χ0v) is 11.4. The second-order valence-corrected chi connectivity index (χ2v) is 4.31. The highest BCUT2D eigenvalue weighted by Crippen LogP contribution is 2.20. The van der Waals surface area contributed by atoms with Crippen molar-refractivity contribution in [2.24, 2.45) is 7.05 Å². The number of aromatic nitrogens is 2. The van der Waals surface area contributed by atoms with Gasteiger partial charge in [-0.15, -0.1) is 0 Å². The van der Waals surface area contributed by atoms with Gasteiger partial charge in [0.05, 0.1) is 29.6 Å². The topological polar surface area (TPSA) is 44.1 Å². The number of allylic oxidation sites excluding steroid dienone is 1. The first-order chi connectivity index (χ1) is 9.13. The van der Waals surface area contributed by atoms with E-state index in [4.69, 9.17) is 16.3 Å². The lowest BCUT2D eigenvalue weighted by Crippen LogP contribution is -1.99. The molecule has 2 rings (SSSR count). The van der Waals surface area contributed by atoms with E-state index in [1.807, 2.05) is 6.07 Å². The molecule has 0 saturated carbocycles. The average molecular weight is 277 g/mol. The van der Waals surface area contributed by atoms with Crippen LogP contribution in [0.15, 0.2) is 36.5 Å². The van der Waals surface area contributed by atoms with Gasteiger partial charge in [-0.3, -0.25) is 9.48 Å². The van der Waals surface area contributed by atoms with Crippen molar-refractivity contribution in [1.29, 1.82) is 0 Å². The number of nitrogens with zero attached hydrogens (tertiary/aromatic N) is 2. The van der Waals surface area contributed by atoms with Crippen molar-refractivity contribution in [3.05, 3.63) is 52.8 Å². The SMILES string of the molecule is COc1ccccc1C(=O)/C=C/c1c(Cl)cnn1C. The minimum Gasteiger partial charge on any atom is -0.496 e. The molecule has 0 saturated heterocycles.